The zero-order valence-corrected chi connectivity index (χ0v) is 40.6. The maximum absolute atomic E-state index is 11.9. The predicted octanol–water partition coefficient (Wildman–Crippen LogP) is -5.36. The summed E-state index contributed by atoms with van der Waals surface area (Å²) in [5.41, 5.74) is -4.62. The molecule has 0 saturated carbocycles. The van der Waals surface area contributed by atoms with E-state index in [0.29, 0.717) is 0 Å². The van der Waals surface area contributed by atoms with Gasteiger partial charge in [-0.2, -0.15) is 8.62 Å². The number of halogens is 2. The number of rotatable bonds is 14. The third kappa shape index (κ3) is 15.4. The van der Waals surface area contributed by atoms with Crippen LogP contribution in [0.3, 0.4) is 0 Å². The van der Waals surface area contributed by atoms with Crippen LogP contribution in [0.1, 0.15) is 35.0 Å². The lowest BCUT2D eigenvalue weighted by atomic mass is 10.0. The first-order chi connectivity index (χ1) is 32.1. The highest BCUT2D eigenvalue weighted by atomic mass is 35.9. The number of aromatic nitrogens is 6. The monoisotopic (exact) mass is 1130 g/mol. The van der Waals surface area contributed by atoms with Crippen molar-refractivity contribution in [1.29, 1.82) is 0 Å². The summed E-state index contributed by atoms with van der Waals surface area (Å²) in [5.74, 6) is 0. The van der Waals surface area contributed by atoms with Crippen molar-refractivity contribution in [3.05, 3.63) is 97.8 Å². The minimum atomic E-state index is -5.73. The van der Waals surface area contributed by atoms with E-state index in [4.69, 9.17) is 56.5 Å². The Morgan fingerprint density at radius 2 is 0.843 bits per heavy atom. The zero-order valence-electron chi connectivity index (χ0n) is 35.5. The molecule has 5 unspecified atom stereocenters. The molecule has 0 spiro atoms. The Bertz CT molecular complexity index is 2920. The van der Waals surface area contributed by atoms with Crippen molar-refractivity contribution in [2.75, 3.05) is 19.8 Å². The maximum atomic E-state index is 11.9. The van der Waals surface area contributed by atoms with E-state index in [9.17, 15) is 82.6 Å². The fraction of sp³-hybridized carbons (Fsp3) is 0.600. The number of H-pyrrole nitrogens is 3. The molecule has 14 atom stereocenters. The smallest absolute Gasteiger partial charge is 0.394 e. The number of phosphoric acid groups is 3. The Labute approximate surface area is 397 Å². The second-order valence-electron chi connectivity index (χ2n) is 14.9. The van der Waals surface area contributed by atoms with Crippen LogP contribution < -0.4 is 33.7 Å². The Morgan fingerprint density at radius 1 is 0.529 bits per heavy atom. The summed E-state index contributed by atoms with van der Waals surface area (Å²) in [6.45, 7) is -1.96. The van der Waals surface area contributed by atoms with Crippen LogP contribution in [0.25, 0.3) is 0 Å². The largest absolute Gasteiger partial charge is 0.490 e. The molecule has 3 saturated heterocycles. The van der Waals surface area contributed by atoms with Crippen molar-refractivity contribution in [1.82, 2.24) is 28.7 Å². The molecular formula is C30H44Cl2N6O28P4. The van der Waals surface area contributed by atoms with Crippen LogP contribution in [0.15, 0.2) is 47.4 Å². The van der Waals surface area contributed by atoms with Gasteiger partial charge in [-0.15, -0.1) is 0 Å². The van der Waals surface area contributed by atoms with Crippen LogP contribution in [-0.4, -0.2) is 159 Å². The normalized spacial score (nSPS) is 29.6. The minimum absolute atomic E-state index is 0.0274. The van der Waals surface area contributed by atoms with Gasteiger partial charge >= 0.3 is 46.6 Å². The van der Waals surface area contributed by atoms with Crippen molar-refractivity contribution >= 4 is 52.0 Å². The fourth-order valence-corrected chi connectivity index (χ4v) is 10.1. The van der Waals surface area contributed by atoms with E-state index in [2.05, 4.69) is 27.6 Å². The van der Waals surface area contributed by atoms with Crippen LogP contribution in [0.2, 0.25) is 0 Å². The summed E-state index contributed by atoms with van der Waals surface area (Å²) in [6, 6.07) is 0. The molecule has 3 fully saturated rings. The van der Waals surface area contributed by atoms with E-state index in [1.165, 1.54) is 33.5 Å². The Kier molecular flexibility index (Phi) is 19.8. The number of aromatic amines is 3. The number of nitrogens with zero attached hydrogens (tertiary/aromatic N) is 3. The van der Waals surface area contributed by atoms with Gasteiger partial charge in [0.2, 0.25) is 0 Å². The molecule has 3 aromatic rings. The fourth-order valence-electron chi connectivity index (χ4n) is 6.43. The predicted molar refractivity (Wildman–Crippen MR) is 228 cm³/mol. The van der Waals surface area contributed by atoms with Gasteiger partial charge in [0.15, 0.2) is 0 Å². The van der Waals surface area contributed by atoms with E-state index >= 15 is 0 Å². The average Bonchev–Trinajstić information content (AvgIpc) is 3.79. The molecule has 3 aliphatic rings. The number of hydrogen-bond donors (Lipinski definition) is 14. The van der Waals surface area contributed by atoms with Gasteiger partial charge in [0.25, 0.3) is 16.7 Å². The van der Waals surface area contributed by atoms with Crippen LogP contribution in [-0.2, 0) is 71.3 Å². The molecule has 14 N–H and O–H groups in total. The summed E-state index contributed by atoms with van der Waals surface area (Å²) in [4.78, 5) is 111. The Balaban J connectivity index is 0.000000236. The highest BCUT2D eigenvalue weighted by Crippen LogP contribution is 2.66. The van der Waals surface area contributed by atoms with Crippen LogP contribution in [0.5, 0.6) is 0 Å². The SMILES string of the molecule is Cn1cc([C@@H]2O[C@H](CO)C(O)[C@@H]2O)c(=O)[nH]c1=O.Cn1cc([C@@H]2O[C@H](COP(=O)(Cl)Cl)C(O)[C@@H]2O)c(=O)[nH]c1=O.Cn1cc([C@@H]2O[C@H](COP(=O)(O)OP(=O)(O)OP(=O)(O)O)C(O)[C@@H]2O)c(=O)[nH]c1=O. The number of phosphoric ester groups is 1. The van der Waals surface area contributed by atoms with E-state index < -0.39 is 156 Å². The standard InChI is InChI=1S/C10H13Cl2N2O7P.C10H17N2O15P3.C10H14N2O6/c1-14-2-4(9(17)13-10(14)18)8-7(16)6(15)5(21-8)3-20-22(11,12)19;1-12-2-4(9(15)11-10(12)16)8-7(14)6(13)5(25-8)3-24-29(20,21)27-30(22,23)26-28(17,18)19;1-12-2-4(9(16)11-10(12)17)8-7(15)6(14)5(3-13)18-8/h2,5-8,15-16H,3H2,1H3,(H,13,17,18);2,5-8,13-14H,3H2,1H3,(H,20,21)(H,22,23)(H,11,15,16)(H2,17,18,19);2,5-8,13-15H,3H2,1H3,(H,11,16,17)/t3*5-,6?,7+,8+/m111/s1. The van der Waals surface area contributed by atoms with Crippen molar-refractivity contribution in [3.63, 3.8) is 0 Å². The molecule has 3 aliphatic heterocycles. The number of aryl methyl sites for hydroxylation is 3. The van der Waals surface area contributed by atoms with Crippen LogP contribution >= 0.6 is 52.0 Å². The molecule has 40 heteroatoms. The lowest BCUT2D eigenvalue weighted by Crippen LogP contribution is -2.35. The molecule has 70 heavy (non-hydrogen) atoms. The number of ether oxygens (including phenoxy) is 3. The number of nitrogens with one attached hydrogen (secondary N) is 3. The molecule has 0 aliphatic carbocycles. The van der Waals surface area contributed by atoms with Gasteiger partial charge in [-0.25, -0.2) is 28.1 Å². The van der Waals surface area contributed by atoms with Crippen molar-refractivity contribution in [2.24, 2.45) is 21.1 Å². The number of aliphatic hydroxyl groups is 7. The quantitative estimate of drug-likeness (QED) is 0.0670. The van der Waals surface area contributed by atoms with Crippen molar-refractivity contribution in [3.8, 4) is 0 Å². The van der Waals surface area contributed by atoms with E-state index in [0.717, 1.165) is 19.9 Å². The lowest BCUT2D eigenvalue weighted by Gasteiger charge is -2.19. The first kappa shape index (κ1) is 59.4. The first-order valence-electron chi connectivity index (χ1n) is 19.0. The highest BCUT2D eigenvalue weighted by molar-refractivity contribution is 8.05. The molecule has 396 valence electrons. The lowest BCUT2D eigenvalue weighted by molar-refractivity contribution is -0.0233. The Morgan fingerprint density at radius 3 is 1.14 bits per heavy atom. The first-order valence-corrected chi connectivity index (χ1v) is 27.0. The maximum Gasteiger partial charge on any atom is 0.490 e. The summed E-state index contributed by atoms with van der Waals surface area (Å²) in [6.07, 6.45) is -16.7. The average molecular weight is 1130 g/mol. The Hall–Kier alpha value is -3.18. The van der Waals surface area contributed by atoms with Gasteiger partial charge in [-0.1, -0.05) is 0 Å². The summed E-state index contributed by atoms with van der Waals surface area (Å²) in [5, 5.41) is 68.3. The topological polar surface area (TPSA) is 520 Å². The second-order valence-corrected chi connectivity index (χ2v) is 23.6. The van der Waals surface area contributed by atoms with E-state index in [-0.39, 0.29) is 16.7 Å². The van der Waals surface area contributed by atoms with Crippen LogP contribution in [0, 0.1) is 0 Å². The van der Waals surface area contributed by atoms with Crippen LogP contribution in [0.4, 0.5) is 0 Å². The number of hydrogen-bond acceptors (Lipinski definition) is 24. The molecule has 0 amide bonds. The van der Waals surface area contributed by atoms with E-state index in [1.807, 2.05) is 4.98 Å². The molecule has 0 radical (unpaired) electrons. The third-order valence-electron chi connectivity index (χ3n) is 9.80. The van der Waals surface area contributed by atoms with Gasteiger partial charge in [0.1, 0.15) is 73.2 Å². The third-order valence-corrected chi connectivity index (χ3v) is 14.6. The molecule has 3 aromatic heterocycles. The summed E-state index contributed by atoms with van der Waals surface area (Å²) in [7, 11) is -12.7. The van der Waals surface area contributed by atoms with Gasteiger partial charge in [0, 0.05) is 39.7 Å². The molecule has 34 nitrogen and oxygen atoms in total. The molecule has 0 bridgehead atoms. The molecule has 6 heterocycles. The minimum Gasteiger partial charge on any atom is -0.394 e. The molecule has 6 rings (SSSR count). The molecule has 0 aromatic carbocycles. The highest BCUT2D eigenvalue weighted by Gasteiger charge is 2.48. The van der Waals surface area contributed by atoms with Crippen molar-refractivity contribution in [2.45, 2.75) is 73.2 Å². The summed E-state index contributed by atoms with van der Waals surface area (Å²) >= 11 is 10.4. The van der Waals surface area contributed by atoms with Gasteiger partial charge < -0.3 is 87.8 Å². The second kappa shape index (κ2) is 23.4. The zero-order chi connectivity index (χ0) is 53.2. The van der Waals surface area contributed by atoms with Gasteiger partial charge in [-0.3, -0.25) is 38.4 Å². The number of aliphatic hydroxyl groups excluding tert-OH is 7. The van der Waals surface area contributed by atoms with Gasteiger partial charge in [0.05, 0.1) is 36.5 Å². The van der Waals surface area contributed by atoms with Crippen molar-refractivity contribution < 1.29 is 105 Å². The van der Waals surface area contributed by atoms with Gasteiger partial charge in [-0.05, 0) is 22.5 Å². The van der Waals surface area contributed by atoms with E-state index in [1.54, 1.807) is 0 Å². The summed E-state index contributed by atoms with van der Waals surface area (Å²) < 4.78 is 79.5. The molecular weight excluding hydrogens is 1090 g/mol.